The van der Waals surface area contributed by atoms with Gasteiger partial charge in [-0.3, -0.25) is 0 Å². The van der Waals surface area contributed by atoms with E-state index < -0.39 is 0 Å². The second kappa shape index (κ2) is 8.13. The maximum Gasteiger partial charge on any atom is 0.0772 e. The van der Waals surface area contributed by atoms with E-state index in [1.807, 2.05) is 0 Å². The van der Waals surface area contributed by atoms with Crippen molar-refractivity contribution in [2.24, 2.45) is 35.0 Å². The highest BCUT2D eigenvalue weighted by Gasteiger charge is 2.59. The molecule has 25 heavy (non-hydrogen) atoms. The first kappa shape index (κ1) is 20.3. The van der Waals surface area contributed by atoms with Gasteiger partial charge in [-0.05, 0) is 60.8 Å². The molecule has 0 amide bonds. The van der Waals surface area contributed by atoms with Gasteiger partial charge in [-0.1, -0.05) is 64.0 Å². The van der Waals surface area contributed by atoms with Gasteiger partial charge in [-0.15, -0.1) is 11.6 Å². The summed E-state index contributed by atoms with van der Waals surface area (Å²) in [5.41, 5.74) is 3.96. The highest BCUT2D eigenvalue weighted by atomic mass is 35.5. The van der Waals surface area contributed by atoms with Crippen LogP contribution in [0.15, 0.2) is 35.5 Å². The third-order valence-corrected chi connectivity index (χ3v) is 7.08. The fourth-order valence-electron chi connectivity index (χ4n) is 5.10. The Balaban J connectivity index is 2.26. The number of allylic oxidation sites excluding steroid dienone is 5. The monoisotopic (exact) mass is 359 g/mol. The van der Waals surface area contributed by atoms with Crippen LogP contribution in [0.25, 0.3) is 0 Å². The largest absolute Gasteiger partial charge is 0.198 e. The Hall–Kier alpha value is -1.00. The van der Waals surface area contributed by atoms with Crippen LogP contribution in [-0.2, 0) is 0 Å². The molecular weight excluding hydrogens is 326 g/mol. The van der Waals surface area contributed by atoms with Crippen molar-refractivity contribution in [3.63, 3.8) is 0 Å². The van der Waals surface area contributed by atoms with E-state index in [2.05, 4.69) is 59.4 Å². The summed E-state index contributed by atoms with van der Waals surface area (Å²) >= 11 is 6.18. The molecule has 0 spiro atoms. The lowest BCUT2D eigenvalue weighted by atomic mass is 9.81. The Kier molecular flexibility index (Phi) is 6.61. The van der Waals surface area contributed by atoms with E-state index in [9.17, 15) is 5.26 Å². The number of nitrogens with zero attached hydrogens (tertiary/aromatic N) is 1. The van der Waals surface area contributed by atoms with E-state index in [0.29, 0.717) is 29.0 Å². The zero-order valence-corrected chi connectivity index (χ0v) is 17.4. The van der Waals surface area contributed by atoms with Crippen LogP contribution in [0, 0.1) is 46.3 Å². The highest BCUT2D eigenvalue weighted by molar-refractivity contribution is 6.19. The normalized spacial score (nSPS) is 32.3. The van der Waals surface area contributed by atoms with Crippen LogP contribution < -0.4 is 0 Å². The number of rotatable bonds is 8. The molecular formula is C23H34ClN. The summed E-state index contributed by atoms with van der Waals surface area (Å²) in [6, 6.07) is 2.50. The molecule has 0 aromatic heterocycles. The second-order valence-corrected chi connectivity index (χ2v) is 8.87. The number of halogens is 1. The van der Waals surface area contributed by atoms with Gasteiger partial charge in [0, 0.05) is 5.88 Å². The van der Waals surface area contributed by atoms with Crippen molar-refractivity contribution in [1.82, 2.24) is 0 Å². The third-order valence-electron chi connectivity index (χ3n) is 6.73. The molecule has 2 aliphatic carbocycles. The number of hydrogen-bond donors (Lipinski definition) is 0. The first-order valence-corrected chi connectivity index (χ1v) is 10.4. The Morgan fingerprint density at radius 1 is 1.44 bits per heavy atom. The van der Waals surface area contributed by atoms with Crippen molar-refractivity contribution >= 4 is 11.6 Å². The Morgan fingerprint density at radius 3 is 2.64 bits per heavy atom. The van der Waals surface area contributed by atoms with Crippen molar-refractivity contribution in [3.8, 4) is 6.07 Å². The van der Waals surface area contributed by atoms with Gasteiger partial charge in [0.25, 0.3) is 0 Å². The molecule has 0 saturated heterocycles. The molecule has 2 aliphatic rings. The zero-order valence-electron chi connectivity index (χ0n) is 16.6. The van der Waals surface area contributed by atoms with E-state index in [1.54, 1.807) is 0 Å². The minimum Gasteiger partial charge on any atom is -0.198 e. The SMILES string of the molecule is C=C1C(C)=CC(CC(/C=C(\CC)CCl)C2C(CCC)C2(C)C)C1C#N. The molecule has 0 heterocycles. The number of alkyl halides is 1. The summed E-state index contributed by atoms with van der Waals surface area (Å²) in [4.78, 5) is 0. The van der Waals surface area contributed by atoms with Gasteiger partial charge in [-0.2, -0.15) is 5.26 Å². The highest BCUT2D eigenvalue weighted by Crippen LogP contribution is 2.65. The van der Waals surface area contributed by atoms with Crippen LogP contribution >= 0.6 is 11.6 Å². The van der Waals surface area contributed by atoms with Crippen molar-refractivity contribution in [2.75, 3.05) is 5.88 Å². The van der Waals surface area contributed by atoms with Gasteiger partial charge in [0.1, 0.15) is 0 Å². The predicted molar refractivity (Wildman–Crippen MR) is 108 cm³/mol. The minimum absolute atomic E-state index is 0.0523. The van der Waals surface area contributed by atoms with Gasteiger partial charge >= 0.3 is 0 Å². The van der Waals surface area contributed by atoms with Crippen molar-refractivity contribution in [1.29, 1.82) is 5.26 Å². The number of hydrogen-bond acceptors (Lipinski definition) is 1. The van der Waals surface area contributed by atoms with Gasteiger partial charge in [0.05, 0.1) is 12.0 Å². The van der Waals surface area contributed by atoms with Gasteiger partial charge in [0.2, 0.25) is 0 Å². The van der Waals surface area contributed by atoms with Gasteiger partial charge in [-0.25, -0.2) is 0 Å². The fraction of sp³-hybridized carbons (Fsp3) is 0.696. The average Bonchev–Trinajstić information content (AvgIpc) is 2.99. The molecule has 0 N–H and O–H groups in total. The molecule has 1 saturated carbocycles. The van der Waals surface area contributed by atoms with Crippen LogP contribution in [0.3, 0.4) is 0 Å². The first-order chi connectivity index (χ1) is 11.8. The maximum atomic E-state index is 9.62. The van der Waals surface area contributed by atoms with Crippen molar-refractivity contribution in [2.45, 2.75) is 60.3 Å². The van der Waals surface area contributed by atoms with Crippen LogP contribution in [0.1, 0.15) is 60.3 Å². The maximum absolute atomic E-state index is 9.62. The molecule has 0 radical (unpaired) electrons. The summed E-state index contributed by atoms with van der Waals surface area (Å²) in [5, 5.41) is 9.62. The van der Waals surface area contributed by atoms with E-state index in [1.165, 1.54) is 24.0 Å². The Bertz CT molecular complexity index is 598. The molecule has 1 fully saturated rings. The first-order valence-electron chi connectivity index (χ1n) is 9.84. The third kappa shape index (κ3) is 4.06. The summed E-state index contributed by atoms with van der Waals surface area (Å²) in [6.45, 7) is 15.5. The van der Waals surface area contributed by atoms with E-state index >= 15 is 0 Å². The fourth-order valence-corrected chi connectivity index (χ4v) is 5.38. The molecule has 0 aliphatic heterocycles. The van der Waals surface area contributed by atoms with Crippen LogP contribution in [0.5, 0.6) is 0 Å². The predicted octanol–water partition coefficient (Wildman–Crippen LogP) is 6.91. The van der Waals surface area contributed by atoms with Crippen LogP contribution in [0.4, 0.5) is 0 Å². The average molecular weight is 360 g/mol. The Morgan fingerprint density at radius 2 is 2.12 bits per heavy atom. The zero-order chi connectivity index (χ0) is 18.8. The topological polar surface area (TPSA) is 23.8 Å². The van der Waals surface area contributed by atoms with Crippen molar-refractivity contribution in [3.05, 3.63) is 35.5 Å². The molecule has 138 valence electrons. The summed E-state index contributed by atoms with van der Waals surface area (Å²) in [5.74, 6) is 2.87. The lowest BCUT2D eigenvalue weighted by Gasteiger charge is -2.22. The molecule has 0 bridgehead atoms. The molecule has 0 aromatic rings. The van der Waals surface area contributed by atoms with Gasteiger partial charge < -0.3 is 0 Å². The molecule has 5 unspecified atom stereocenters. The van der Waals surface area contributed by atoms with Crippen LogP contribution in [-0.4, -0.2) is 5.88 Å². The molecule has 1 nitrogen and oxygen atoms in total. The van der Waals surface area contributed by atoms with E-state index in [4.69, 9.17) is 11.6 Å². The van der Waals surface area contributed by atoms with Gasteiger partial charge in [0.15, 0.2) is 0 Å². The lowest BCUT2D eigenvalue weighted by molar-refractivity contribution is 0.371. The standard InChI is InChI=1S/C23H34ClN/c1-7-9-21-22(23(21,5)6)19(11-17(8-2)13-24)12-18-10-15(3)16(4)20(18)14-25/h10-11,18-22H,4,7-9,12-13H2,1-3,5-6H3/b17-11+. The summed E-state index contributed by atoms with van der Waals surface area (Å²) in [6.07, 6.45) is 9.35. The minimum atomic E-state index is -0.0523. The smallest absolute Gasteiger partial charge is 0.0772 e. The van der Waals surface area contributed by atoms with Crippen molar-refractivity contribution < 1.29 is 0 Å². The summed E-state index contributed by atoms with van der Waals surface area (Å²) < 4.78 is 0. The van der Waals surface area contributed by atoms with E-state index in [-0.39, 0.29) is 5.92 Å². The molecule has 2 rings (SSSR count). The lowest BCUT2D eigenvalue weighted by Crippen LogP contribution is -2.16. The summed E-state index contributed by atoms with van der Waals surface area (Å²) in [7, 11) is 0. The van der Waals surface area contributed by atoms with Crippen LogP contribution in [0.2, 0.25) is 0 Å². The van der Waals surface area contributed by atoms with E-state index in [0.717, 1.165) is 24.3 Å². The second-order valence-electron chi connectivity index (χ2n) is 8.60. The molecule has 2 heteroatoms. The molecule has 0 aromatic carbocycles. The Labute approximate surface area is 159 Å². The number of nitriles is 1. The molecule has 5 atom stereocenters. The quantitative estimate of drug-likeness (QED) is 0.341.